The second-order valence-electron chi connectivity index (χ2n) is 17.5. The van der Waals surface area contributed by atoms with E-state index in [-0.39, 0.29) is 0 Å². The van der Waals surface area contributed by atoms with Gasteiger partial charge in [0.15, 0.2) is 0 Å². The molecule has 0 heteroatoms. The molecule has 13 aromatic carbocycles. The third-order valence-corrected chi connectivity index (χ3v) is 13.8. The van der Waals surface area contributed by atoms with Crippen LogP contribution in [0.25, 0.3) is 131 Å². The summed E-state index contributed by atoms with van der Waals surface area (Å²) in [4.78, 5) is 0. The first-order chi connectivity index (χ1) is 32.7. The summed E-state index contributed by atoms with van der Waals surface area (Å²) in [6.45, 7) is 0. The van der Waals surface area contributed by atoms with Gasteiger partial charge in [-0.05, 0) is 156 Å². The van der Waals surface area contributed by atoms with Crippen molar-refractivity contribution in [2.45, 2.75) is 0 Å². The Morgan fingerprint density at radius 2 is 0.500 bits per heavy atom. The van der Waals surface area contributed by atoms with Crippen LogP contribution >= 0.6 is 0 Å². The zero-order chi connectivity index (χ0) is 43.6. The van der Waals surface area contributed by atoms with Crippen molar-refractivity contribution in [3.05, 3.63) is 255 Å². The van der Waals surface area contributed by atoms with Gasteiger partial charge in [-0.2, -0.15) is 0 Å². The molecule has 13 aromatic rings. The van der Waals surface area contributed by atoms with Crippen molar-refractivity contribution in [2.75, 3.05) is 0 Å². The Bertz CT molecular complexity index is 3780. The maximum atomic E-state index is 2.41. The van der Waals surface area contributed by atoms with Gasteiger partial charge in [0.05, 0.1) is 0 Å². The molecule has 0 saturated heterocycles. The van der Waals surface area contributed by atoms with E-state index in [4.69, 9.17) is 0 Å². The highest BCUT2D eigenvalue weighted by atomic mass is 14.3. The van der Waals surface area contributed by atoms with E-state index in [0.29, 0.717) is 0 Å². The molecule has 0 saturated carbocycles. The number of rotatable bonds is 6. The number of benzene rings is 13. The van der Waals surface area contributed by atoms with E-state index in [1.165, 1.54) is 131 Å². The summed E-state index contributed by atoms with van der Waals surface area (Å²) in [5.41, 5.74) is 14.5. The molecule has 0 spiro atoms. The van der Waals surface area contributed by atoms with E-state index in [9.17, 15) is 0 Å². The minimum Gasteiger partial charge on any atom is -0.0616 e. The van der Waals surface area contributed by atoms with Gasteiger partial charge in [0.25, 0.3) is 0 Å². The molecule has 0 fully saturated rings. The molecule has 0 nitrogen and oxygen atoms in total. The Kier molecular flexibility index (Phi) is 8.96. The zero-order valence-corrected chi connectivity index (χ0v) is 36.2. The summed E-state index contributed by atoms with van der Waals surface area (Å²) < 4.78 is 0. The quantitative estimate of drug-likeness (QED) is 0.146. The fourth-order valence-electron chi connectivity index (χ4n) is 10.7. The van der Waals surface area contributed by atoms with E-state index in [2.05, 4.69) is 255 Å². The molecule has 0 aliphatic carbocycles. The highest BCUT2D eigenvalue weighted by molar-refractivity contribution is 6.28. The highest BCUT2D eigenvalue weighted by Crippen LogP contribution is 2.51. The van der Waals surface area contributed by atoms with Gasteiger partial charge in [-0.1, -0.05) is 231 Å². The topological polar surface area (TPSA) is 0 Å². The fraction of sp³-hybridized carbons (Fsp3) is 0. The van der Waals surface area contributed by atoms with Crippen molar-refractivity contribution in [2.24, 2.45) is 0 Å². The molecule has 0 aliphatic rings. The Morgan fingerprint density at radius 1 is 0.167 bits per heavy atom. The molecule has 0 unspecified atom stereocenters. The first kappa shape index (κ1) is 37.9. The number of hydrogen-bond acceptors (Lipinski definition) is 0. The van der Waals surface area contributed by atoms with Gasteiger partial charge in [0, 0.05) is 0 Å². The molecule has 0 N–H and O–H groups in total. The first-order valence-corrected chi connectivity index (χ1v) is 22.9. The Morgan fingerprint density at radius 3 is 0.939 bits per heavy atom. The Hall–Kier alpha value is -8.58. The molecular formula is C66H42. The lowest BCUT2D eigenvalue weighted by molar-refractivity contribution is 1.60. The molecule has 0 bridgehead atoms. The van der Waals surface area contributed by atoms with E-state index < -0.39 is 0 Å². The van der Waals surface area contributed by atoms with Crippen molar-refractivity contribution in [1.29, 1.82) is 0 Å². The summed E-state index contributed by atoms with van der Waals surface area (Å²) in [7, 11) is 0. The van der Waals surface area contributed by atoms with Crippen molar-refractivity contribution < 1.29 is 0 Å². The van der Waals surface area contributed by atoms with Crippen LogP contribution in [0.2, 0.25) is 0 Å². The average molecular weight is 835 g/mol. The van der Waals surface area contributed by atoms with Gasteiger partial charge in [-0.15, -0.1) is 0 Å². The zero-order valence-electron chi connectivity index (χ0n) is 36.2. The minimum atomic E-state index is 1.18. The van der Waals surface area contributed by atoms with Crippen LogP contribution in [0.15, 0.2) is 255 Å². The van der Waals surface area contributed by atoms with Gasteiger partial charge in [-0.25, -0.2) is 0 Å². The predicted molar refractivity (Wildman–Crippen MR) is 284 cm³/mol. The maximum absolute atomic E-state index is 2.41. The number of hydrogen-bond donors (Lipinski definition) is 0. The summed E-state index contributed by atoms with van der Waals surface area (Å²) in [5.74, 6) is 0. The SMILES string of the molecule is c1cc(-c2cccc3ccccc23)cc(-c2ccc(-c3cccc(-c4cccc5ccccc45)c3)c3c(-c4ccc5ccccc5c4)c4ccccc4c(-c4ccc5ccccc5c4)c23)c1. The van der Waals surface area contributed by atoms with E-state index in [1.54, 1.807) is 0 Å². The van der Waals surface area contributed by atoms with Crippen molar-refractivity contribution in [3.63, 3.8) is 0 Å². The number of fused-ring (bicyclic) bond motifs is 6. The summed E-state index contributed by atoms with van der Waals surface area (Å²) in [6.07, 6.45) is 0. The molecule has 0 amide bonds. The molecule has 0 radical (unpaired) electrons. The van der Waals surface area contributed by atoms with E-state index >= 15 is 0 Å². The van der Waals surface area contributed by atoms with Gasteiger partial charge >= 0.3 is 0 Å². The maximum Gasteiger partial charge on any atom is -0.000785 e. The first-order valence-electron chi connectivity index (χ1n) is 22.9. The largest absolute Gasteiger partial charge is 0.0616 e. The van der Waals surface area contributed by atoms with Crippen LogP contribution in [-0.2, 0) is 0 Å². The molecule has 13 rings (SSSR count). The standard InChI is InChI=1S/C66H42/c1-3-19-47-39-53(35-33-43(47)15-1)63-61-29-9-10-30-62(61)64(54-36-34-44-16-2-4-20-48(44)40-54)66-60(52-26-12-24-50(42-52)58-32-14-22-46-18-6-8-28-56(46)58)38-37-59(65(63)66)51-25-11-23-49(41-51)57-31-13-21-45-17-5-7-27-55(45)57/h1-42H. The van der Waals surface area contributed by atoms with Gasteiger partial charge < -0.3 is 0 Å². The lowest BCUT2D eigenvalue weighted by Gasteiger charge is -2.24. The predicted octanol–water partition coefficient (Wildman–Crippen LogP) is 18.6. The third-order valence-electron chi connectivity index (χ3n) is 13.8. The summed E-state index contributed by atoms with van der Waals surface area (Å²) in [6, 6.07) is 94.6. The van der Waals surface area contributed by atoms with Crippen LogP contribution in [0.1, 0.15) is 0 Å². The van der Waals surface area contributed by atoms with Gasteiger partial charge in [0.1, 0.15) is 0 Å². The van der Waals surface area contributed by atoms with Crippen LogP contribution in [-0.4, -0.2) is 0 Å². The van der Waals surface area contributed by atoms with Gasteiger partial charge in [0.2, 0.25) is 0 Å². The molecule has 0 heterocycles. The smallest absolute Gasteiger partial charge is 0.000785 e. The molecule has 66 heavy (non-hydrogen) atoms. The van der Waals surface area contributed by atoms with Crippen LogP contribution in [0.5, 0.6) is 0 Å². The molecular weight excluding hydrogens is 793 g/mol. The fourth-order valence-corrected chi connectivity index (χ4v) is 10.7. The summed E-state index contributed by atoms with van der Waals surface area (Å²) in [5, 5.41) is 14.9. The van der Waals surface area contributed by atoms with E-state index in [1.807, 2.05) is 0 Å². The molecule has 0 aliphatic heterocycles. The summed E-state index contributed by atoms with van der Waals surface area (Å²) >= 11 is 0. The normalized spacial score (nSPS) is 11.6. The second-order valence-corrected chi connectivity index (χ2v) is 17.5. The van der Waals surface area contributed by atoms with Crippen molar-refractivity contribution >= 4 is 64.6 Å². The average Bonchev–Trinajstić information content (AvgIpc) is 3.39. The Labute approximate surface area is 384 Å². The minimum absolute atomic E-state index is 1.18. The third kappa shape index (κ3) is 6.30. The molecule has 0 atom stereocenters. The van der Waals surface area contributed by atoms with Crippen LogP contribution in [0.3, 0.4) is 0 Å². The van der Waals surface area contributed by atoms with Gasteiger partial charge in [-0.3, -0.25) is 0 Å². The highest BCUT2D eigenvalue weighted by Gasteiger charge is 2.24. The second kappa shape index (κ2) is 15.6. The Balaban J connectivity index is 1.18. The monoisotopic (exact) mass is 834 g/mol. The lowest BCUT2D eigenvalue weighted by Crippen LogP contribution is -1.96. The van der Waals surface area contributed by atoms with Crippen LogP contribution in [0.4, 0.5) is 0 Å². The van der Waals surface area contributed by atoms with E-state index in [0.717, 1.165) is 0 Å². The van der Waals surface area contributed by atoms with Crippen molar-refractivity contribution in [1.82, 2.24) is 0 Å². The lowest BCUT2D eigenvalue weighted by atomic mass is 9.79. The van der Waals surface area contributed by atoms with Crippen LogP contribution in [0, 0.1) is 0 Å². The van der Waals surface area contributed by atoms with Crippen molar-refractivity contribution in [3.8, 4) is 66.8 Å². The molecule has 306 valence electrons. The molecule has 0 aromatic heterocycles. The van der Waals surface area contributed by atoms with Crippen LogP contribution < -0.4 is 0 Å².